The highest BCUT2D eigenvalue weighted by Crippen LogP contribution is 2.24. The van der Waals surface area contributed by atoms with Crippen molar-refractivity contribution in [2.24, 2.45) is 5.92 Å². The number of nitrogens with zero attached hydrogens (tertiary/aromatic N) is 3. The van der Waals surface area contributed by atoms with E-state index in [1.54, 1.807) is 0 Å². The highest BCUT2D eigenvalue weighted by atomic mass is 32.2. The molecule has 0 bridgehead atoms. The molecule has 1 heterocycles. The minimum absolute atomic E-state index is 0.0436. The molecule has 0 saturated heterocycles. The van der Waals surface area contributed by atoms with Gasteiger partial charge in [0.2, 0.25) is 11.8 Å². The molecule has 1 fully saturated rings. The van der Waals surface area contributed by atoms with Gasteiger partial charge < -0.3 is 15.2 Å². The predicted molar refractivity (Wildman–Crippen MR) is 118 cm³/mol. The Morgan fingerprint density at radius 1 is 1.13 bits per heavy atom. The number of carbonyl (C=O) groups excluding carboxylic acids is 2. The van der Waals surface area contributed by atoms with Crippen LogP contribution >= 0.6 is 11.8 Å². The summed E-state index contributed by atoms with van der Waals surface area (Å²) >= 11 is 1.39. The summed E-state index contributed by atoms with van der Waals surface area (Å²) in [5, 5.41) is 15.2. The molecule has 1 aliphatic carbocycles. The Labute approximate surface area is 182 Å². The topological polar surface area (TPSA) is 88.9 Å². The third-order valence-corrected chi connectivity index (χ3v) is 6.52. The van der Waals surface area contributed by atoms with Crippen LogP contribution in [0.15, 0.2) is 35.5 Å². The molecule has 1 saturated carbocycles. The molecule has 1 aromatic carbocycles. The summed E-state index contributed by atoms with van der Waals surface area (Å²) in [6, 6.07) is 9.92. The summed E-state index contributed by atoms with van der Waals surface area (Å²) in [4.78, 5) is 24.6. The number of rotatable bonds is 9. The Kier molecular flexibility index (Phi) is 8.30. The second-order valence-corrected chi connectivity index (χ2v) is 8.75. The fourth-order valence-electron chi connectivity index (χ4n) is 3.80. The first-order chi connectivity index (χ1) is 14.6. The first-order valence-electron chi connectivity index (χ1n) is 10.7. The van der Waals surface area contributed by atoms with Crippen LogP contribution in [0.25, 0.3) is 0 Å². The van der Waals surface area contributed by atoms with Crippen LogP contribution in [0.3, 0.4) is 0 Å². The van der Waals surface area contributed by atoms with Gasteiger partial charge in [-0.2, -0.15) is 0 Å². The lowest BCUT2D eigenvalue weighted by molar-refractivity contribution is -0.121. The lowest BCUT2D eigenvalue weighted by Crippen LogP contribution is -2.41. The smallest absolute Gasteiger partial charge is 0.230 e. The second-order valence-electron chi connectivity index (χ2n) is 7.81. The van der Waals surface area contributed by atoms with E-state index in [0.29, 0.717) is 42.2 Å². The van der Waals surface area contributed by atoms with Gasteiger partial charge >= 0.3 is 0 Å². The molecule has 0 spiro atoms. The molecule has 2 amide bonds. The van der Waals surface area contributed by atoms with E-state index in [9.17, 15) is 9.59 Å². The van der Waals surface area contributed by atoms with Crippen molar-refractivity contribution in [2.75, 3.05) is 5.75 Å². The SMILES string of the molecule is CCn1c(CNC(=O)Cc2ccccc2)nnc1SCC(=O)N[C@H]1CCCC[C@@H]1C. The van der Waals surface area contributed by atoms with Gasteiger partial charge in [0.15, 0.2) is 11.0 Å². The third-order valence-electron chi connectivity index (χ3n) is 5.55. The summed E-state index contributed by atoms with van der Waals surface area (Å²) in [7, 11) is 0. The van der Waals surface area contributed by atoms with Gasteiger partial charge in [-0.1, -0.05) is 61.9 Å². The Morgan fingerprint density at radius 2 is 1.90 bits per heavy atom. The van der Waals surface area contributed by atoms with Gasteiger partial charge in [-0.25, -0.2) is 0 Å². The van der Waals surface area contributed by atoms with Gasteiger partial charge in [-0.3, -0.25) is 9.59 Å². The van der Waals surface area contributed by atoms with Crippen molar-refractivity contribution in [3.05, 3.63) is 41.7 Å². The molecule has 7 nitrogen and oxygen atoms in total. The van der Waals surface area contributed by atoms with Crippen LogP contribution in [-0.4, -0.2) is 38.4 Å². The van der Waals surface area contributed by atoms with Crippen molar-refractivity contribution in [1.29, 1.82) is 0 Å². The van der Waals surface area contributed by atoms with Crippen LogP contribution in [-0.2, 0) is 29.1 Å². The van der Waals surface area contributed by atoms with Crippen molar-refractivity contribution < 1.29 is 9.59 Å². The van der Waals surface area contributed by atoms with Crippen molar-refractivity contribution in [2.45, 2.75) is 70.2 Å². The number of amides is 2. The maximum Gasteiger partial charge on any atom is 0.230 e. The summed E-state index contributed by atoms with van der Waals surface area (Å²) in [6.07, 6.45) is 5.03. The molecule has 1 aromatic heterocycles. The molecule has 2 aromatic rings. The monoisotopic (exact) mass is 429 g/mol. The molecule has 1 aliphatic rings. The number of thioether (sulfide) groups is 1. The molecule has 30 heavy (non-hydrogen) atoms. The van der Waals surface area contributed by atoms with Gasteiger partial charge in [-0.15, -0.1) is 10.2 Å². The molecule has 2 N–H and O–H groups in total. The fourth-order valence-corrected chi connectivity index (χ4v) is 4.64. The van der Waals surface area contributed by atoms with Gasteiger partial charge in [0, 0.05) is 12.6 Å². The maximum atomic E-state index is 12.4. The quantitative estimate of drug-likeness (QED) is 0.598. The van der Waals surface area contributed by atoms with Crippen molar-refractivity contribution in [3.8, 4) is 0 Å². The van der Waals surface area contributed by atoms with E-state index in [-0.39, 0.29) is 17.9 Å². The average molecular weight is 430 g/mol. The van der Waals surface area contributed by atoms with Crippen molar-refractivity contribution >= 4 is 23.6 Å². The zero-order valence-corrected chi connectivity index (χ0v) is 18.6. The van der Waals surface area contributed by atoms with Gasteiger partial charge in [0.1, 0.15) is 0 Å². The van der Waals surface area contributed by atoms with Crippen LogP contribution in [0, 0.1) is 5.92 Å². The van der Waals surface area contributed by atoms with Crippen LogP contribution < -0.4 is 10.6 Å². The fraction of sp³-hybridized carbons (Fsp3) is 0.545. The number of benzene rings is 1. The average Bonchev–Trinajstić information content (AvgIpc) is 3.15. The first kappa shape index (κ1) is 22.3. The number of hydrogen-bond donors (Lipinski definition) is 2. The van der Waals surface area contributed by atoms with E-state index in [0.717, 1.165) is 12.0 Å². The van der Waals surface area contributed by atoms with Crippen molar-refractivity contribution in [3.63, 3.8) is 0 Å². The molecule has 0 radical (unpaired) electrons. The van der Waals surface area contributed by atoms with Crippen LogP contribution in [0.5, 0.6) is 0 Å². The molecule has 8 heteroatoms. The molecule has 162 valence electrons. The Hall–Kier alpha value is -2.35. The molecule has 2 atom stereocenters. The Morgan fingerprint density at radius 3 is 2.63 bits per heavy atom. The minimum atomic E-state index is -0.0537. The van der Waals surface area contributed by atoms with Crippen LogP contribution in [0.4, 0.5) is 0 Å². The molecular weight excluding hydrogens is 398 g/mol. The zero-order valence-electron chi connectivity index (χ0n) is 17.8. The number of nitrogens with one attached hydrogen (secondary N) is 2. The van der Waals surface area contributed by atoms with Crippen LogP contribution in [0.1, 0.15) is 50.9 Å². The number of aromatic nitrogens is 3. The van der Waals surface area contributed by atoms with E-state index in [1.807, 2.05) is 41.8 Å². The standard InChI is InChI=1S/C22H31N5O2S/c1-3-27-19(14-23-20(28)13-17-10-5-4-6-11-17)25-26-22(27)30-15-21(29)24-18-12-8-7-9-16(18)2/h4-6,10-11,16,18H,3,7-9,12-15H2,1-2H3,(H,23,28)(H,24,29)/t16-,18-/m0/s1. The zero-order chi connectivity index (χ0) is 21.3. The van der Waals surface area contributed by atoms with Crippen molar-refractivity contribution in [1.82, 2.24) is 25.4 Å². The predicted octanol–water partition coefficient (Wildman–Crippen LogP) is 2.94. The van der Waals surface area contributed by atoms with Gasteiger partial charge in [-0.05, 0) is 31.2 Å². The lowest BCUT2D eigenvalue weighted by atomic mass is 9.86. The lowest BCUT2D eigenvalue weighted by Gasteiger charge is -2.29. The Balaban J connectivity index is 1.48. The van der Waals surface area contributed by atoms with E-state index < -0.39 is 0 Å². The second kappa shape index (κ2) is 11.2. The molecular formula is C22H31N5O2S. The van der Waals surface area contributed by atoms with Crippen LogP contribution in [0.2, 0.25) is 0 Å². The number of hydrogen-bond acceptors (Lipinski definition) is 5. The first-order valence-corrected chi connectivity index (χ1v) is 11.7. The summed E-state index contributed by atoms with van der Waals surface area (Å²) in [5.41, 5.74) is 0.974. The van der Waals surface area contributed by atoms with Gasteiger partial charge in [0.25, 0.3) is 0 Å². The largest absolute Gasteiger partial charge is 0.352 e. The van der Waals surface area contributed by atoms with E-state index >= 15 is 0 Å². The molecule has 3 rings (SSSR count). The molecule has 0 aliphatic heterocycles. The number of carbonyl (C=O) groups is 2. The summed E-state index contributed by atoms with van der Waals surface area (Å²) in [5.74, 6) is 1.55. The third kappa shape index (κ3) is 6.32. The highest BCUT2D eigenvalue weighted by Gasteiger charge is 2.23. The molecule has 0 unspecified atom stereocenters. The Bertz CT molecular complexity index is 839. The van der Waals surface area contributed by atoms with E-state index in [1.165, 1.54) is 31.0 Å². The summed E-state index contributed by atoms with van der Waals surface area (Å²) in [6.45, 7) is 5.22. The van der Waals surface area contributed by atoms with E-state index in [4.69, 9.17) is 0 Å². The van der Waals surface area contributed by atoms with Gasteiger partial charge in [0.05, 0.1) is 18.7 Å². The highest BCUT2D eigenvalue weighted by molar-refractivity contribution is 7.99. The maximum absolute atomic E-state index is 12.4. The van der Waals surface area contributed by atoms with E-state index in [2.05, 4.69) is 27.8 Å². The normalized spacial score (nSPS) is 18.7. The summed E-state index contributed by atoms with van der Waals surface area (Å²) < 4.78 is 1.95. The minimum Gasteiger partial charge on any atom is -0.352 e.